The van der Waals surface area contributed by atoms with Crippen molar-refractivity contribution in [2.75, 3.05) is 7.11 Å². The summed E-state index contributed by atoms with van der Waals surface area (Å²) in [4.78, 5) is 4.35. The molecule has 0 atom stereocenters. The molecule has 0 aliphatic carbocycles. The molecule has 0 radical (unpaired) electrons. The molecular weight excluding hydrogens is 198 g/mol. The van der Waals surface area contributed by atoms with Crippen LogP contribution in [0, 0.1) is 0 Å². The van der Waals surface area contributed by atoms with Crippen molar-refractivity contribution in [2.45, 2.75) is 26.2 Å². The largest absolute Gasteiger partial charge is 0.494 e. The molecule has 2 rings (SSSR count). The Kier molecular flexibility index (Phi) is 2.58. The second kappa shape index (κ2) is 3.78. The highest BCUT2D eigenvalue weighted by Gasteiger charge is 2.16. The van der Waals surface area contributed by atoms with Gasteiger partial charge in [-0.2, -0.15) is 0 Å². The molecule has 0 bridgehead atoms. The van der Waals surface area contributed by atoms with Gasteiger partial charge < -0.3 is 4.74 Å². The highest BCUT2D eigenvalue weighted by molar-refractivity contribution is 5.85. The smallest absolute Gasteiger partial charge is 0.145 e. The van der Waals surface area contributed by atoms with Gasteiger partial charge in [0.1, 0.15) is 11.3 Å². The molecule has 1 aromatic carbocycles. The van der Waals surface area contributed by atoms with Gasteiger partial charge in [-0.15, -0.1) is 0 Å². The van der Waals surface area contributed by atoms with E-state index in [0.717, 1.165) is 16.7 Å². The summed E-state index contributed by atoms with van der Waals surface area (Å²) in [5.41, 5.74) is 2.32. The van der Waals surface area contributed by atoms with Gasteiger partial charge >= 0.3 is 0 Å². The molecule has 0 N–H and O–H groups in total. The van der Waals surface area contributed by atoms with E-state index in [4.69, 9.17) is 4.74 Å². The van der Waals surface area contributed by atoms with E-state index in [0.29, 0.717) is 0 Å². The molecule has 2 nitrogen and oxygen atoms in total. The summed E-state index contributed by atoms with van der Waals surface area (Å²) in [5.74, 6) is 0.850. The van der Waals surface area contributed by atoms with Crippen molar-refractivity contribution in [3.63, 3.8) is 0 Å². The van der Waals surface area contributed by atoms with E-state index in [1.807, 2.05) is 6.07 Å². The standard InChI is InChI=1S/C14H17NO/c1-14(2,3)11-8-10-6-5-7-15-13(10)12(9-11)16-4/h5-9H,1-4H3. The summed E-state index contributed by atoms with van der Waals surface area (Å²) in [5, 5.41) is 1.13. The lowest BCUT2D eigenvalue weighted by Gasteiger charge is -2.20. The van der Waals surface area contributed by atoms with Crippen LogP contribution in [0.2, 0.25) is 0 Å². The highest BCUT2D eigenvalue weighted by atomic mass is 16.5. The second-order valence-corrected chi connectivity index (χ2v) is 5.00. The van der Waals surface area contributed by atoms with Crippen LogP contribution < -0.4 is 4.74 Å². The molecule has 0 spiro atoms. The van der Waals surface area contributed by atoms with E-state index in [1.54, 1.807) is 13.3 Å². The number of fused-ring (bicyclic) bond motifs is 1. The first-order valence-electron chi connectivity index (χ1n) is 5.45. The number of ether oxygens (including phenoxy) is 1. The van der Waals surface area contributed by atoms with Crippen LogP contribution >= 0.6 is 0 Å². The molecule has 1 heterocycles. The maximum Gasteiger partial charge on any atom is 0.145 e. The number of benzene rings is 1. The summed E-state index contributed by atoms with van der Waals surface area (Å²) in [6.45, 7) is 6.60. The van der Waals surface area contributed by atoms with E-state index in [2.05, 4.69) is 44.0 Å². The first-order valence-corrected chi connectivity index (χ1v) is 5.45. The minimum atomic E-state index is 0.122. The SMILES string of the molecule is COc1cc(C(C)(C)C)cc2cccnc12. The average Bonchev–Trinajstić information content (AvgIpc) is 2.26. The molecule has 0 fully saturated rings. The van der Waals surface area contributed by atoms with Gasteiger partial charge in [-0.25, -0.2) is 0 Å². The predicted octanol–water partition coefficient (Wildman–Crippen LogP) is 3.54. The van der Waals surface area contributed by atoms with Crippen molar-refractivity contribution >= 4 is 10.9 Å². The minimum absolute atomic E-state index is 0.122. The van der Waals surface area contributed by atoms with Gasteiger partial charge in [0.15, 0.2) is 0 Å². The lowest BCUT2D eigenvalue weighted by atomic mass is 9.86. The van der Waals surface area contributed by atoms with Crippen molar-refractivity contribution in [3.05, 3.63) is 36.0 Å². The lowest BCUT2D eigenvalue weighted by molar-refractivity contribution is 0.417. The Morgan fingerprint density at radius 1 is 1.19 bits per heavy atom. The first-order chi connectivity index (χ1) is 7.52. The zero-order valence-electron chi connectivity index (χ0n) is 10.2. The molecule has 16 heavy (non-hydrogen) atoms. The number of nitrogens with zero attached hydrogens (tertiary/aromatic N) is 1. The molecule has 2 heteroatoms. The number of methoxy groups -OCH3 is 1. The number of hydrogen-bond donors (Lipinski definition) is 0. The van der Waals surface area contributed by atoms with Crippen molar-refractivity contribution in [3.8, 4) is 5.75 Å². The molecule has 1 aromatic heterocycles. The topological polar surface area (TPSA) is 22.1 Å². The summed E-state index contributed by atoms with van der Waals surface area (Å²) in [6.07, 6.45) is 1.79. The molecule has 84 valence electrons. The zero-order valence-corrected chi connectivity index (χ0v) is 10.2. The fourth-order valence-corrected chi connectivity index (χ4v) is 1.75. The van der Waals surface area contributed by atoms with Crippen molar-refractivity contribution < 1.29 is 4.74 Å². The van der Waals surface area contributed by atoms with E-state index >= 15 is 0 Å². The third-order valence-electron chi connectivity index (χ3n) is 2.76. The fourth-order valence-electron chi connectivity index (χ4n) is 1.75. The maximum absolute atomic E-state index is 5.40. The van der Waals surface area contributed by atoms with Crippen molar-refractivity contribution in [1.82, 2.24) is 4.98 Å². The molecule has 2 aromatic rings. The molecular formula is C14H17NO. The van der Waals surface area contributed by atoms with Gasteiger partial charge in [-0.05, 0) is 29.2 Å². The van der Waals surface area contributed by atoms with Crippen LogP contribution in [0.3, 0.4) is 0 Å². The Morgan fingerprint density at radius 2 is 1.94 bits per heavy atom. The third-order valence-corrected chi connectivity index (χ3v) is 2.76. The number of rotatable bonds is 1. The normalized spacial score (nSPS) is 11.8. The Hall–Kier alpha value is -1.57. The van der Waals surface area contributed by atoms with Gasteiger partial charge in [-0.1, -0.05) is 26.8 Å². The van der Waals surface area contributed by atoms with Gasteiger partial charge in [0.25, 0.3) is 0 Å². The fraction of sp³-hybridized carbons (Fsp3) is 0.357. The Labute approximate surface area is 96.3 Å². The van der Waals surface area contributed by atoms with Gasteiger partial charge in [0, 0.05) is 11.6 Å². The van der Waals surface area contributed by atoms with Crippen LogP contribution in [-0.4, -0.2) is 12.1 Å². The van der Waals surface area contributed by atoms with E-state index in [-0.39, 0.29) is 5.41 Å². The predicted molar refractivity (Wildman–Crippen MR) is 67.0 cm³/mol. The molecule has 0 aliphatic rings. The summed E-state index contributed by atoms with van der Waals surface area (Å²) in [7, 11) is 1.69. The second-order valence-electron chi connectivity index (χ2n) is 5.00. The van der Waals surface area contributed by atoms with Crippen LogP contribution in [0.25, 0.3) is 10.9 Å². The van der Waals surface area contributed by atoms with Crippen LogP contribution in [0.15, 0.2) is 30.5 Å². The van der Waals surface area contributed by atoms with E-state index < -0.39 is 0 Å². The first kappa shape index (κ1) is 10.9. The summed E-state index contributed by atoms with van der Waals surface area (Å²) >= 11 is 0. The molecule has 0 amide bonds. The minimum Gasteiger partial charge on any atom is -0.494 e. The van der Waals surface area contributed by atoms with Gasteiger partial charge in [0.2, 0.25) is 0 Å². The highest BCUT2D eigenvalue weighted by Crippen LogP contribution is 2.31. The van der Waals surface area contributed by atoms with Crippen molar-refractivity contribution in [1.29, 1.82) is 0 Å². The van der Waals surface area contributed by atoms with Crippen LogP contribution in [-0.2, 0) is 5.41 Å². The Morgan fingerprint density at radius 3 is 2.56 bits per heavy atom. The molecule has 0 saturated heterocycles. The number of aromatic nitrogens is 1. The lowest BCUT2D eigenvalue weighted by Crippen LogP contribution is -2.11. The van der Waals surface area contributed by atoms with Gasteiger partial charge in [0.05, 0.1) is 7.11 Å². The number of hydrogen-bond acceptors (Lipinski definition) is 2. The van der Waals surface area contributed by atoms with Crippen LogP contribution in [0.1, 0.15) is 26.3 Å². The van der Waals surface area contributed by atoms with Crippen molar-refractivity contribution in [2.24, 2.45) is 0 Å². The summed E-state index contributed by atoms with van der Waals surface area (Å²) < 4.78 is 5.40. The quantitative estimate of drug-likeness (QED) is 0.726. The third kappa shape index (κ3) is 1.87. The monoisotopic (exact) mass is 215 g/mol. The van der Waals surface area contributed by atoms with E-state index in [9.17, 15) is 0 Å². The Bertz CT molecular complexity index is 512. The molecule has 0 unspecified atom stereocenters. The number of pyridine rings is 1. The van der Waals surface area contributed by atoms with Gasteiger partial charge in [-0.3, -0.25) is 4.98 Å². The molecule has 0 saturated carbocycles. The van der Waals surface area contributed by atoms with Crippen LogP contribution in [0.4, 0.5) is 0 Å². The van der Waals surface area contributed by atoms with E-state index in [1.165, 1.54) is 5.56 Å². The Balaban J connectivity index is 2.73. The maximum atomic E-state index is 5.40. The molecule has 0 aliphatic heterocycles. The van der Waals surface area contributed by atoms with Crippen LogP contribution in [0.5, 0.6) is 5.75 Å². The summed E-state index contributed by atoms with van der Waals surface area (Å²) in [6, 6.07) is 8.29. The zero-order chi connectivity index (χ0) is 11.8. The average molecular weight is 215 g/mol.